The number of urea groups is 1. The molecule has 0 bridgehead atoms. The second-order valence-corrected chi connectivity index (χ2v) is 10.3. The van der Waals surface area contributed by atoms with Crippen molar-refractivity contribution in [3.05, 3.63) is 69.9 Å². The summed E-state index contributed by atoms with van der Waals surface area (Å²) in [6.45, 7) is 3.45. The van der Waals surface area contributed by atoms with E-state index in [2.05, 4.69) is 70.6 Å². The smallest absolute Gasteiger partial charge is 0.318 e. The van der Waals surface area contributed by atoms with Crippen LogP contribution in [0.15, 0.2) is 47.5 Å². The molecule has 3 aromatic rings. The third kappa shape index (κ3) is 3.70. The summed E-state index contributed by atoms with van der Waals surface area (Å²) in [5, 5.41) is 4.46. The van der Waals surface area contributed by atoms with Crippen molar-refractivity contribution < 1.29 is 4.79 Å². The Balaban J connectivity index is 1.66. The maximum absolute atomic E-state index is 13.5. The van der Waals surface area contributed by atoms with Crippen LogP contribution in [0.1, 0.15) is 59.5 Å². The number of rotatable bonds is 4. The fraction of sp³-hybridized carbons (Fsp3) is 0.400. The molecule has 1 aliphatic carbocycles. The Morgan fingerprint density at radius 2 is 1.97 bits per heavy atom. The molecule has 0 unspecified atom stereocenters. The zero-order valence-corrected chi connectivity index (χ0v) is 19.8. The molecule has 1 aliphatic heterocycles. The number of hydrogen-bond donors (Lipinski definition) is 1. The van der Waals surface area contributed by atoms with Crippen LogP contribution >= 0.6 is 23.1 Å². The number of hydrogen-bond acceptors (Lipinski definition) is 3. The fourth-order valence-electron chi connectivity index (χ4n) is 4.86. The first-order valence-electron chi connectivity index (χ1n) is 11.2. The molecule has 0 spiro atoms. The molecule has 6 heteroatoms. The van der Waals surface area contributed by atoms with Crippen LogP contribution in [0.25, 0.3) is 5.00 Å². The maximum atomic E-state index is 13.5. The SMILES string of the molecule is CCCNC(=O)N1Cc2c(sc3c2CCCC3)-n2cccc2[C@H]1c1ccc(SC)cc1. The summed E-state index contributed by atoms with van der Waals surface area (Å²) in [5.74, 6) is 0. The molecule has 2 aliphatic rings. The van der Waals surface area contributed by atoms with E-state index in [-0.39, 0.29) is 12.1 Å². The third-order valence-corrected chi connectivity index (χ3v) is 8.47. The van der Waals surface area contributed by atoms with Crippen LogP contribution in [0, 0.1) is 0 Å². The quantitative estimate of drug-likeness (QED) is 0.482. The Morgan fingerprint density at radius 3 is 2.74 bits per heavy atom. The Kier molecular flexibility index (Phi) is 5.85. The molecule has 2 aromatic heterocycles. The van der Waals surface area contributed by atoms with Crippen LogP contribution in [-0.2, 0) is 19.4 Å². The van der Waals surface area contributed by atoms with Crippen molar-refractivity contribution in [3.63, 3.8) is 0 Å². The van der Waals surface area contributed by atoms with Gasteiger partial charge in [-0.25, -0.2) is 4.79 Å². The molecule has 0 saturated heterocycles. The second kappa shape index (κ2) is 8.75. The number of nitrogens with zero attached hydrogens (tertiary/aromatic N) is 2. The summed E-state index contributed by atoms with van der Waals surface area (Å²) < 4.78 is 2.35. The number of fused-ring (bicyclic) bond motifs is 5. The first kappa shape index (κ1) is 20.7. The Labute approximate surface area is 192 Å². The van der Waals surface area contributed by atoms with Gasteiger partial charge in [0.15, 0.2) is 0 Å². The predicted molar refractivity (Wildman–Crippen MR) is 130 cm³/mol. The Morgan fingerprint density at radius 1 is 1.16 bits per heavy atom. The average Bonchev–Trinajstić information content (AvgIpc) is 3.39. The van der Waals surface area contributed by atoms with Crippen LogP contribution in [0.3, 0.4) is 0 Å². The van der Waals surface area contributed by atoms with Crippen molar-refractivity contribution in [1.82, 2.24) is 14.8 Å². The number of thiophene rings is 1. The zero-order valence-electron chi connectivity index (χ0n) is 18.2. The van der Waals surface area contributed by atoms with Gasteiger partial charge in [-0.05, 0) is 73.8 Å². The first-order valence-corrected chi connectivity index (χ1v) is 13.2. The summed E-state index contributed by atoms with van der Waals surface area (Å²) in [4.78, 5) is 18.3. The highest BCUT2D eigenvalue weighted by Crippen LogP contribution is 2.44. The lowest BCUT2D eigenvalue weighted by molar-refractivity contribution is 0.180. The van der Waals surface area contributed by atoms with Gasteiger partial charge in [-0.15, -0.1) is 23.1 Å². The minimum Gasteiger partial charge on any atom is -0.338 e. The molecule has 1 N–H and O–H groups in total. The van der Waals surface area contributed by atoms with Gasteiger partial charge in [0.05, 0.1) is 18.3 Å². The lowest BCUT2D eigenvalue weighted by Crippen LogP contribution is -2.42. The van der Waals surface area contributed by atoms with E-state index in [9.17, 15) is 4.79 Å². The van der Waals surface area contributed by atoms with Crippen LogP contribution in [-0.4, -0.2) is 28.3 Å². The van der Waals surface area contributed by atoms with E-state index >= 15 is 0 Å². The molecule has 5 rings (SSSR count). The number of aryl methyl sites for hydroxylation is 1. The zero-order chi connectivity index (χ0) is 21.4. The molecule has 3 heterocycles. The number of nitrogens with one attached hydrogen (secondary N) is 1. The fourth-order valence-corrected chi connectivity index (χ4v) is 6.67. The van der Waals surface area contributed by atoms with Crippen LogP contribution < -0.4 is 5.32 Å². The monoisotopic (exact) mass is 451 g/mol. The lowest BCUT2D eigenvalue weighted by atomic mass is 9.95. The van der Waals surface area contributed by atoms with Gasteiger partial charge in [0.2, 0.25) is 0 Å². The summed E-state index contributed by atoms with van der Waals surface area (Å²) in [6.07, 6.45) is 10.0. The van der Waals surface area contributed by atoms with E-state index in [0.29, 0.717) is 13.1 Å². The van der Waals surface area contributed by atoms with Crippen molar-refractivity contribution in [2.75, 3.05) is 12.8 Å². The number of carbonyl (C=O) groups excluding carboxylic acids is 1. The largest absolute Gasteiger partial charge is 0.338 e. The maximum Gasteiger partial charge on any atom is 0.318 e. The summed E-state index contributed by atoms with van der Waals surface area (Å²) >= 11 is 3.68. The van der Waals surface area contributed by atoms with Crippen LogP contribution in [0.5, 0.6) is 0 Å². The topological polar surface area (TPSA) is 37.3 Å². The molecule has 0 saturated carbocycles. The Bertz CT molecular complexity index is 1080. The highest BCUT2D eigenvalue weighted by Gasteiger charge is 2.35. The molecular weight excluding hydrogens is 422 g/mol. The summed E-state index contributed by atoms with van der Waals surface area (Å²) in [7, 11) is 0. The van der Waals surface area contributed by atoms with E-state index in [1.54, 1.807) is 11.8 Å². The number of benzene rings is 1. The first-order chi connectivity index (χ1) is 15.2. The van der Waals surface area contributed by atoms with Gasteiger partial charge in [-0.3, -0.25) is 0 Å². The van der Waals surface area contributed by atoms with Crippen molar-refractivity contribution in [2.24, 2.45) is 0 Å². The number of amides is 2. The van der Waals surface area contributed by atoms with Gasteiger partial charge >= 0.3 is 6.03 Å². The molecule has 1 atom stereocenters. The second-order valence-electron chi connectivity index (χ2n) is 8.33. The number of carbonyl (C=O) groups is 1. The van der Waals surface area contributed by atoms with Gasteiger partial charge in [0.25, 0.3) is 0 Å². The molecule has 4 nitrogen and oxygen atoms in total. The van der Waals surface area contributed by atoms with E-state index in [4.69, 9.17) is 0 Å². The van der Waals surface area contributed by atoms with Gasteiger partial charge in [-0.2, -0.15) is 0 Å². The van der Waals surface area contributed by atoms with Crippen molar-refractivity contribution in [3.8, 4) is 5.00 Å². The highest BCUT2D eigenvalue weighted by molar-refractivity contribution is 7.98. The van der Waals surface area contributed by atoms with Crippen molar-refractivity contribution in [2.45, 2.75) is 56.5 Å². The molecular formula is C25H29N3OS2. The molecule has 162 valence electrons. The summed E-state index contributed by atoms with van der Waals surface area (Å²) in [6, 6.07) is 12.9. The van der Waals surface area contributed by atoms with Gasteiger partial charge in [0.1, 0.15) is 5.00 Å². The van der Waals surface area contributed by atoms with Crippen molar-refractivity contribution >= 4 is 29.1 Å². The van der Waals surface area contributed by atoms with Crippen LogP contribution in [0.4, 0.5) is 4.79 Å². The van der Waals surface area contributed by atoms with Gasteiger partial charge < -0.3 is 14.8 Å². The molecule has 2 amide bonds. The molecule has 0 fully saturated rings. The van der Waals surface area contributed by atoms with E-state index in [1.807, 2.05) is 11.3 Å². The average molecular weight is 452 g/mol. The van der Waals surface area contributed by atoms with Crippen molar-refractivity contribution in [1.29, 1.82) is 0 Å². The molecule has 1 aromatic carbocycles. The third-order valence-electron chi connectivity index (χ3n) is 6.40. The summed E-state index contributed by atoms with van der Waals surface area (Å²) in [5.41, 5.74) is 5.18. The van der Waals surface area contributed by atoms with Gasteiger partial charge in [-0.1, -0.05) is 19.1 Å². The number of aromatic nitrogens is 1. The Hall–Kier alpha value is -2.18. The lowest BCUT2D eigenvalue weighted by Gasteiger charge is -2.31. The minimum absolute atomic E-state index is 0.0251. The van der Waals surface area contributed by atoms with Gasteiger partial charge in [0, 0.05) is 28.1 Å². The van der Waals surface area contributed by atoms with Crippen LogP contribution in [0.2, 0.25) is 0 Å². The van der Waals surface area contributed by atoms with E-state index < -0.39 is 0 Å². The minimum atomic E-state index is -0.110. The molecule has 0 radical (unpaired) electrons. The predicted octanol–water partition coefficient (Wildman–Crippen LogP) is 6.16. The standard InChI is InChI=1S/C25H29N3OS2/c1-3-14-26-25(29)28-16-20-19-7-4-5-9-22(19)31-24(20)27-15-6-8-21(27)23(28)17-10-12-18(30-2)13-11-17/h6,8,10-13,15,23H,3-5,7,9,14,16H2,1-2H3,(H,26,29)/t23-/m1/s1. The normalized spacial score (nSPS) is 17.5. The number of thioether (sulfide) groups is 1. The molecule has 31 heavy (non-hydrogen) atoms. The highest BCUT2D eigenvalue weighted by atomic mass is 32.2. The van der Waals surface area contributed by atoms with E-state index in [0.717, 1.165) is 18.4 Å². The van der Waals surface area contributed by atoms with E-state index in [1.165, 1.54) is 50.9 Å².